The van der Waals surface area contributed by atoms with Crippen molar-refractivity contribution in [2.75, 3.05) is 31.1 Å². The van der Waals surface area contributed by atoms with Gasteiger partial charge in [0.1, 0.15) is 5.52 Å². The van der Waals surface area contributed by atoms with Crippen molar-refractivity contribution in [2.45, 2.75) is 13.8 Å². The first-order valence-corrected chi connectivity index (χ1v) is 10.8. The molecule has 0 aliphatic carbocycles. The molecule has 10 heteroatoms. The smallest absolute Gasteiger partial charge is 0.287 e. The fourth-order valence-corrected chi connectivity index (χ4v) is 3.80. The number of carbonyl (C=O) groups excluding carboxylic acids is 2. The molecule has 0 atom stereocenters. The lowest BCUT2D eigenvalue weighted by Crippen LogP contribution is -2.48. The van der Waals surface area contributed by atoms with Crippen LogP contribution in [0, 0.1) is 6.92 Å². The Morgan fingerprint density at radius 3 is 2.91 bits per heavy atom. The molecule has 3 aromatic heterocycles. The number of hydrogen-bond acceptors (Lipinski definition) is 7. The number of nitrogens with zero attached hydrogens (tertiary/aromatic N) is 5. The number of piperazine rings is 1. The molecule has 1 aliphatic rings. The van der Waals surface area contributed by atoms with Gasteiger partial charge in [-0.2, -0.15) is 10.1 Å². The van der Waals surface area contributed by atoms with Crippen LogP contribution in [0.1, 0.15) is 23.0 Å². The Labute approximate surface area is 189 Å². The molecular weight excluding hydrogens is 422 g/mol. The molecule has 0 radical (unpaired) electrons. The zero-order valence-corrected chi connectivity index (χ0v) is 18.3. The van der Waals surface area contributed by atoms with E-state index in [4.69, 9.17) is 4.42 Å². The van der Waals surface area contributed by atoms with Gasteiger partial charge in [0.15, 0.2) is 17.2 Å². The zero-order chi connectivity index (χ0) is 22.9. The second-order valence-electron chi connectivity index (χ2n) is 7.85. The zero-order valence-electron chi connectivity index (χ0n) is 18.3. The SMILES string of the molecule is CCNC(=O)c1cc2nc(-n3cc(-c4cccc(C)c4)cn3)nc(N3CCNC(=O)C3)c2o1. The van der Waals surface area contributed by atoms with Gasteiger partial charge in [0, 0.05) is 37.5 Å². The molecular formula is C23H23N7O3. The Balaban J connectivity index is 1.60. The molecule has 0 bridgehead atoms. The van der Waals surface area contributed by atoms with Crippen LogP contribution >= 0.6 is 0 Å². The van der Waals surface area contributed by atoms with Gasteiger partial charge < -0.3 is 20.0 Å². The van der Waals surface area contributed by atoms with E-state index in [1.165, 1.54) is 0 Å². The van der Waals surface area contributed by atoms with Crippen LogP contribution in [0.4, 0.5) is 5.82 Å². The number of amides is 2. The number of hydrogen-bond donors (Lipinski definition) is 2. The summed E-state index contributed by atoms with van der Waals surface area (Å²) in [6.07, 6.45) is 3.61. The summed E-state index contributed by atoms with van der Waals surface area (Å²) in [7, 11) is 0. The first-order chi connectivity index (χ1) is 16.0. The lowest BCUT2D eigenvalue weighted by atomic mass is 10.1. The van der Waals surface area contributed by atoms with Crippen LogP contribution in [0.5, 0.6) is 0 Å². The van der Waals surface area contributed by atoms with Crippen molar-refractivity contribution in [1.82, 2.24) is 30.4 Å². The van der Waals surface area contributed by atoms with E-state index in [2.05, 4.69) is 31.8 Å². The monoisotopic (exact) mass is 445 g/mol. The van der Waals surface area contributed by atoms with Gasteiger partial charge in [0.2, 0.25) is 5.91 Å². The van der Waals surface area contributed by atoms with Gasteiger partial charge in [0.25, 0.3) is 11.9 Å². The van der Waals surface area contributed by atoms with E-state index >= 15 is 0 Å². The minimum Gasteiger partial charge on any atom is -0.445 e. The number of aromatic nitrogens is 4. The first kappa shape index (κ1) is 20.7. The van der Waals surface area contributed by atoms with Crippen molar-refractivity contribution in [3.63, 3.8) is 0 Å². The summed E-state index contributed by atoms with van der Waals surface area (Å²) >= 11 is 0. The Hall–Kier alpha value is -4.21. The lowest BCUT2D eigenvalue weighted by Gasteiger charge is -2.27. The number of anilines is 1. The number of nitrogens with one attached hydrogen (secondary N) is 2. The summed E-state index contributed by atoms with van der Waals surface area (Å²) in [5.74, 6) is 0.478. The quantitative estimate of drug-likeness (QED) is 0.483. The van der Waals surface area contributed by atoms with Crippen molar-refractivity contribution in [2.24, 2.45) is 0 Å². The molecule has 2 N–H and O–H groups in total. The minimum atomic E-state index is -0.333. The Kier molecular flexibility index (Phi) is 5.25. The molecule has 1 aromatic carbocycles. The summed E-state index contributed by atoms with van der Waals surface area (Å²) in [5.41, 5.74) is 3.95. The van der Waals surface area contributed by atoms with E-state index in [1.807, 2.05) is 43.1 Å². The maximum Gasteiger partial charge on any atom is 0.287 e. The molecule has 0 unspecified atom stereocenters. The highest BCUT2D eigenvalue weighted by atomic mass is 16.3. The van der Waals surface area contributed by atoms with Crippen LogP contribution in [-0.4, -0.2) is 57.7 Å². The van der Waals surface area contributed by atoms with Crippen LogP contribution < -0.4 is 15.5 Å². The Morgan fingerprint density at radius 1 is 1.24 bits per heavy atom. The maximum absolute atomic E-state index is 12.3. The highest BCUT2D eigenvalue weighted by Crippen LogP contribution is 2.29. The fraction of sp³-hybridized carbons (Fsp3) is 0.261. The predicted octanol–water partition coefficient (Wildman–Crippen LogP) is 2.07. The van der Waals surface area contributed by atoms with Crippen LogP contribution in [-0.2, 0) is 4.79 Å². The van der Waals surface area contributed by atoms with Crippen molar-refractivity contribution in [3.8, 4) is 17.1 Å². The number of carbonyl (C=O) groups is 2. The fourth-order valence-electron chi connectivity index (χ4n) is 3.80. The van der Waals surface area contributed by atoms with Crippen molar-refractivity contribution in [3.05, 3.63) is 54.0 Å². The van der Waals surface area contributed by atoms with Gasteiger partial charge in [-0.1, -0.05) is 29.8 Å². The molecule has 4 heterocycles. The summed E-state index contributed by atoms with van der Waals surface area (Å²) in [4.78, 5) is 35.5. The predicted molar refractivity (Wildman–Crippen MR) is 122 cm³/mol. The van der Waals surface area contributed by atoms with Gasteiger partial charge in [-0.05, 0) is 19.4 Å². The molecule has 1 saturated heterocycles. The maximum atomic E-state index is 12.3. The minimum absolute atomic E-state index is 0.106. The van der Waals surface area contributed by atoms with E-state index in [0.717, 1.165) is 16.7 Å². The first-order valence-electron chi connectivity index (χ1n) is 10.8. The second kappa shape index (κ2) is 8.38. The third kappa shape index (κ3) is 4.02. The normalized spacial score (nSPS) is 13.9. The third-order valence-corrected chi connectivity index (χ3v) is 5.38. The van der Waals surface area contributed by atoms with Crippen LogP contribution in [0.2, 0.25) is 0 Å². The summed E-state index contributed by atoms with van der Waals surface area (Å²) in [5, 5.41) is 9.99. The number of fused-ring (bicyclic) bond motifs is 1. The van der Waals surface area contributed by atoms with Crippen molar-refractivity contribution < 1.29 is 14.0 Å². The molecule has 33 heavy (non-hydrogen) atoms. The molecule has 1 aliphatic heterocycles. The third-order valence-electron chi connectivity index (χ3n) is 5.38. The van der Waals surface area contributed by atoms with Gasteiger partial charge >= 0.3 is 0 Å². The highest BCUT2D eigenvalue weighted by Gasteiger charge is 2.25. The molecule has 1 fully saturated rings. The molecule has 0 saturated carbocycles. The molecule has 10 nitrogen and oxygen atoms in total. The van der Waals surface area contributed by atoms with Crippen LogP contribution in [0.15, 0.2) is 47.1 Å². The number of aryl methyl sites for hydroxylation is 1. The van der Waals surface area contributed by atoms with Gasteiger partial charge in [-0.3, -0.25) is 9.59 Å². The average molecular weight is 445 g/mol. The van der Waals surface area contributed by atoms with E-state index in [0.29, 0.717) is 42.5 Å². The molecule has 5 rings (SSSR count). The van der Waals surface area contributed by atoms with Crippen molar-refractivity contribution >= 4 is 28.7 Å². The second-order valence-corrected chi connectivity index (χ2v) is 7.85. The summed E-state index contributed by atoms with van der Waals surface area (Å²) in [6, 6.07) is 9.72. The summed E-state index contributed by atoms with van der Waals surface area (Å²) in [6.45, 7) is 5.53. The van der Waals surface area contributed by atoms with E-state index in [9.17, 15) is 9.59 Å². The molecule has 4 aromatic rings. The molecule has 0 spiro atoms. The number of benzene rings is 1. The number of rotatable bonds is 5. The Morgan fingerprint density at radius 2 is 2.12 bits per heavy atom. The van der Waals surface area contributed by atoms with Crippen LogP contribution in [0.25, 0.3) is 28.2 Å². The average Bonchev–Trinajstić information content (AvgIpc) is 3.46. The summed E-state index contributed by atoms with van der Waals surface area (Å²) < 4.78 is 7.43. The lowest BCUT2D eigenvalue weighted by molar-refractivity contribution is -0.120. The molecule has 168 valence electrons. The number of furan rings is 1. The standard InChI is InChI=1S/C23H23N7O3/c1-3-24-22(32)18-10-17-20(33-18)21(29-8-7-25-19(31)13-29)28-23(27-17)30-12-16(11-26-30)15-6-4-5-14(2)9-15/h4-6,9-12H,3,7-8,13H2,1-2H3,(H,24,32)(H,25,31). The van der Waals surface area contributed by atoms with E-state index in [-0.39, 0.29) is 24.1 Å². The van der Waals surface area contributed by atoms with Crippen LogP contribution in [0.3, 0.4) is 0 Å². The largest absolute Gasteiger partial charge is 0.445 e. The van der Waals surface area contributed by atoms with E-state index in [1.54, 1.807) is 16.9 Å². The van der Waals surface area contributed by atoms with Gasteiger partial charge in [0.05, 0.1) is 12.7 Å². The van der Waals surface area contributed by atoms with Crippen molar-refractivity contribution in [1.29, 1.82) is 0 Å². The van der Waals surface area contributed by atoms with Gasteiger partial charge in [-0.15, -0.1) is 0 Å². The topological polar surface area (TPSA) is 118 Å². The highest BCUT2D eigenvalue weighted by molar-refractivity contribution is 5.98. The molecule has 2 amide bonds. The van der Waals surface area contributed by atoms with E-state index < -0.39 is 0 Å². The van der Waals surface area contributed by atoms with Gasteiger partial charge in [-0.25, -0.2) is 9.67 Å². The Bertz CT molecular complexity index is 1360.